The third-order valence-electron chi connectivity index (χ3n) is 4.01. The van der Waals surface area contributed by atoms with E-state index in [1.807, 2.05) is 37.2 Å². The maximum absolute atomic E-state index is 12.6. The second kappa shape index (κ2) is 6.85. The number of carboxylic acid groups (broad SMARTS) is 1. The van der Waals surface area contributed by atoms with Crippen molar-refractivity contribution in [3.8, 4) is 0 Å². The van der Waals surface area contributed by atoms with E-state index >= 15 is 0 Å². The molecule has 0 aromatic heterocycles. The van der Waals surface area contributed by atoms with E-state index in [1.54, 1.807) is 0 Å². The number of hydrogen-bond acceptors (Lipinski definition) is 3. The number of rotatable bonds is 6. The van der Waals surface area contributed by atoms with Crippen molar-refractivity contribution in [2.45, 2.75) is 32.1 Å². The minimum atomic E-state index is -0.923. The number of carbonyl (C=O) groups is 2. The summed E-state index contributed by atoms with van der Waals surface area (Å²) in [7, 11) is 3.71. The van der Waals surface area contributed by atoms with Crippen molar-refractivity contribution in [2.24, 2.45) is 5.92 Å². The van der Waals surface area contributed by atoms with Gasteiger partial charge in [-0.3, -0.25) is 9.59 Å². The number of carbonyl (C=O) groups excluding carboxylic acids is 1. The van der Waals surface area contributed by atoms with Gasteiger partial charge in [-0.1, -0.05) is 12.1 Å². The molecule has 1 aliphatic rings. The first-order valence-electron chi connectivity index (χ1n) is 7.50. The Labute approximate surface area is 125 Å². The minimum Gasteiger partial charge on any atom is -0.481 e. The molecule has 0 aliphatic heterocycles. The molecule has 0 bridgehead atoms. The SMILES string of the molecule is CN(C)CC(CC(=O)O)C(=O)c1ccc2c(c1)CCCC2. The maximum atomic E-state index is 12.6. The number of benzene rings is 1. The predicted molar refractivity (Wildman–Crippen MR) is 81.7 cm³/mol. The highest BCUT2D eigenvalue weighted by Gasteiger charge is 2.24. The summed E-state index contributed by atoms with van der Waals surface area (Å²) in [4.78, 5) is 25.5. The van der Waals surface area contributed by atoms with Gasteiger partial charge in [0, 0.05) is 18.0 Å². The van der Waals surface area contributed by atoms with Crippen molar-refractivity contribution in [1.82, 2.24) is 4.90 Å². The van der Waals surface area contributed by atoms with Crippen LogP contribution < -0.4 is 0 Å². The van der Waals surface area contributed by atoms with Gasteiger partial charge in [0.2, 0.25) is 0 Å². The molecule has 0 spiro atoms. The lowest BCUT2D eigenvalue weighted by atomic mass is 9.87. The monoisotopic (exact) mass is 289 g/mol. The molecule has 0 radical (unpaired) electrons. The summed E-state index contributed by atoms with van der Waals surface area (Å²) in [5, 5.41) is 9.01. The van der Waals surface area contributed by atoms with E-state index in [2.05, 4.69) is 0 Å². The molecule has 0 heterocycles. The van der Waals surface area contributed by atoms with Crippen molar-refractivity contribution in [1.29, 1.82) is 0 Å². The van der Waals surface area contributed by atoms with Crippen LogP contribution in [0.1, 0.15) is 40.7 Å². The van der Waals surface area contributed by atoms with Gasteiger partial charge in [-0.15, -0.1) is 0 Å². The number of fused-ring (bicyclic) bond motifs is 1. The molecule has 4 heteroatoms. The van der Waals surface area contributed by atoms with Crippen molar-refractivity contribution in [3.05, 3.63) is 34.9 Å². The lowest BCUT2D eigenvalue weighted by Crippen LogP contribution is -2.30. The smallest absolute Gasteiger partial charge is 0.304 e. The summed E-state index contributed by atoms with van der Waals surface area (Å²) in [5.41, 5.74) is 3.25. The minimum absolute atomic E-state index is 0.0560. The van der Waals surface area contributed by atoms with Crippen LogP contribution in [0.5, 0.6) is 0 Å². The van der Waals surface area contributed by atoms with E-state index < -0.39 is 11.9 Å². The largest absolute Gasteiger partial charge is 0.481 e. The van der Waals surface area contributed by atoms with Gasteiger partial charge in [-0.2, -0.15) is 0 Å². The van der Waals surface area contributed by atoms with Gasteiger partial charge < -0.3 is 10.0 Å². The van der Waals surface area contributed by atoms with Gasteiger partial charge >= 0.3 is 5.97 Å². The van der Waals surface area contributed by atoms with E-state index in [0.29, 0.717) is 12.1 Å². The Morgan fingerprint density at radius 3 is 2.48 bits per heavy atom. The third-order valence-corrected chi connectivity index (χ3v) is 4.01. The number of Topliss-reactive ketones (excluding diaryl/α,β-unsaturated/α-hetero) is 1. The maximum Gasteiger partial charge on any atom is 0.304 e. The Balaban J connectivity index is 2.21. The van der Waals surface area contributed by atoms with Crippen LogP contribution in [0, 0.1) is 5.92 Å². The summed E-state index contributed by atoms with van der Waals surface area (Å²) in [5.74, 6) is -1.47. The van der Waals surface area contributed by atoms with Crippen LogP contribution in [0.4, 0.5) is 0 Å². The second-order valence-electron chi connectivity index (χ2n) is 6.11. The Morgan fingerprint density at radius 2 is 1.86 bits per heavy atom. The quantitative estimate of drug-likeness (QED) is 0.817. The zero-order valence-electron chi connectivity index (χ0n) is 12.8. The standard InChI is InChI=1S/C17H23NO3/c1-18(2)11-15(10-16(19)20)17(21)14-8-7-12-5-3-4-6-13(12)9-14/h7-9,15H,3-6,10-11H2,1-2H3,(H,19,20). The molecule has 1 N–H and O–H groups in total. The number of hydrogen-bond donors (Lipinski definition) is 1. The lowest BCUT2D eigenvalue weighted by Gasteiger charge is -2.20. The Kier molecular flexibility index (Phi) is 5.12. The zero-order chi connectivity index (χ0) is 15.4. The average molecular weight is 289 g/mol. The van der Waals surface area contributed by atoms with E-state index in [-0.39, 0.29) is 12.2 Å². The van der Waals surface area contributed by atoms with Gasteiger partial charge in [0.25, 0.3) is 0 Å². The second-order valence-corrected chi connectivity index (χ2v) is 6.11. The number of nitrogens with zero attached hydrogens (tertiary/aromatic N) is 1. The third kappa shape index (κ3) is 4.14. The van der Waals surface area contributed by atoms with Crippen LogP contribution in [-0.4, -0.2) is 42.4 Å². The fourth-order valence-electron chi connectivity index (χ4n) is 3.01. The van der Waals surface area contributed by atoms with Gasteiger partial charge in [0.05, 0.1) is 6.42 Å². The van der Waals surface area contributed by atoms with E-state index in [4.69, 9.17) is 5.11 Å². The molecular weight excluding hydrogens is 266 g/mol. The number of ketones is 1. The average Bonchev–Trinajstić information content (AvgIpc) is 2.44. The first kappa shape index (κ1) is 15.7. The molecule has 114 valence electrons. The normalized spacial score (nSPS) is 15.6. The van der Waals surface area contributed by atoms with Crippen molar-refractivity contribution < 1.29 is 14.7 Å². The highest BCUT2D eigenvalue weighted by molar-refractivity contribution is 5.99. The van der Waals surface area contributed by atoms with Gasteiger partial charge in [-0.25, -0.2) is 0 Å². The van der Waals surface area contributed by atoms with Crippen LogP contribution in [0.2, 0.25) is 0 Å². The molecule has 1 aromatic carbocycles. The van der Waals surface area contributed by atoms with Crippen molar-refractivity contribution in [3.63, 3.8) is 0 Å². The zero-order valence-corrected chi connectivity index (χ0v) is 12.8. The molecule has 0 fully saturated rings. The van der Waals surface area contributed by atoms with Gasteiger partial charge in [0.15, 0.2) is 5.78 Å². The first-order chi connectivity index (χ1) is 9.97. The molecule has 21 heavy (non-hydrogen) atoms. The molecule has 1 unspecified atom stereocenters. The topological polar surface area (TPSA) is 57.6 Å². The molecule has 0 amide bonds. The lowest BCUT2D eigenvalue weighted by molar-refractivity contribution is -0.137. The molecule has 1 aliphatic carbocycles. The summed E-state index contributed by atoms with van der Waals surface area (Å²) < 4.78 is 0. The predicted octanol–water partition coefficient (Wildman–Crippen LogP) is 2.40. The number of carboxylic acids is 1. The molecular formula is C17H23NO3. The molecule has 0 saturated heterocycles. The molecule has 1 atom stereocenters. The van der Waals surface area contributed by atoms with Crippen LogP contribution >= 0.6 is 0 Å². The summed E-state index contributed by atoms with van der Waals surface area (Å²) in [6.45, 7) is 0.461. The van der Waals surface area contributed by atoms with Crippen molar-refractivity contribution >= 4 is 11.8 Å². The highest BCUT2D eigenvalue weighted by Crippen LogP contribution is 2.24. The van der Waals surface area contributed by atoms with Crippen LogP contribution in [0.15, 0.2) is 18.2 Å². The summed E-state index contributed by atoms with van der Waals surface area (Å²) in [6.07, 6.45) is 4.37. The Hall–Kier alpha value is -1.68. The number of aliphatic carboxylic acids is 1. The number of aryl methyl sites for hydroxylation is 2. The van der Waals surface area contributed by atoms with Crippen LogP contribution in [0.3, 0.4) is 0 Å². The fourth-order valence-corrected chi connectivity index (χ4v) is 3.01. The van der Waals surface area contributed by atoms with Crippen molar-refractivity contribution in [2.75, 3.05) is 20.6 Å². The van der Waals surface area contributed by atoms with Crippen LogP contribution in [0.25, 0.3) is 0 Å². The molecule has 1 aromatic rings. The van der Waals surface area contributed by atoms with E-state index in [9.17, 15) is 9.59 Å². The molecule has 0 saturated carbocycles. The van der Waals surface area contributed by atoms with Gasteiger partial charge in [0.1, 0.15) is 0 Å². The summed E-state index contributed by atoms with van der Waals surface area (Å²) >= 11 is 0. The van der Waals surface area contributed by atoms with E-state index in [1.165, 1.54) is 24.0 Å². The highest BCUT2D eigenvalue weighted by atomic mass is 16.4. The molecule has 2 rings (SSSR count). The molecule has 4 nitrogen and oxygen atoms in total. The first-order valence-corrected chi connectivity index (χ1v) is 7.50. The fraction of sp³-hybridized carbons (Fsp3) is 0.529. The summed E-state index contributed by atoms with van der Waals surface area (Å²) in [6, 6.07) is 5.87. The van der Waals surface area contributed by atoms with Gasteiger partial charge in [-0.05, 0) is 57.0 Å². The van der Waals surface area contributed by atoms with Crippen LogP contribution in [-0.2, 0) is 17.6 Å². The van der Waals surface area contributed by atoms with E-state index in [0.717, 1.165) is 12.8 Å². The Bertz CT molecular complexity index is 537. The Morgan fingerprint density at radius 1 is 1.19 bits per heavy atom.